The van der Waals surface area contributed by atoms with Crippen molar-refractivity contribution < 1.29 is 9.59 Å². The van der Waals surface area contributed by atoms with Gasteiger partial charge in [0.25, 0.3) is 5.91 Å². The Balaban J connectivity index is 2.07. The monoisotopic (exact) mass is 343 g/mol. The molecule has 2 amide bonds. The Morgan fingerprint density at radius 1 is 1.36 bits per heavy atom. The number of anilines is 2. The van der Waals surface area contributed by atoms with E-state index in [0.717, 1.165) is 18.4 Å². The van der Waals surface area contributed by atoms with Crippen molar-refractivity contribution in [2.24, 2.45) is 17.1 Å². The lowest BCUT2D eigenvalue weighted by atomic mass is 9.80. The molecule has 1 fully saturated rings. The molecule has 7 nitrogen and oxygen atoms in total. The highest BCUT2D eigenvalue weighted by molar-refractivity contribution is 6.02. The van der Waals surface area contributed by atoms with Crippen molar-refractivity contribution in [1.82, 2.24) is 9.61 Å². The molecule has 0 spiro atoms. The Hall–Kier alpha value is -2.57. The first-order valence-corrected chi connectivity index (χ1v) is 8.55. The van der Waals surface area contributed by atoms with Gasteiger partial charge in [0, 0.05) is 13.0 Å². The van der Waals surface area contributed by atoms with Gasteiger partial charge in [-0.25, -0.2) is 4.52 Å². The Labute approximate surface area is 147 Å². The normalized spacial score (nSPS) is 22.1. The zero-order valence-electron chi connectivity index (χ0n) is 15.1. The maximum atomic E-state index is 11.9. The SMILES string of the molecule is CC(=O)Nc1cc2c(N[C@@H]3CC[C@H](C)C3(C)C)c(C(N)=O)cnn2c1. The molecule has 0 aromatic carbocycles. The van der Waals surface area contributed by atoms with Gasteiger partial charge in [-0.1, -0.05) is 20.8 Å². The number of rotatable bonds is 4. The number of nitrogens with zero attached hydrogens (tertiary/aromatic N) is 2. The number of nitrogens with one attached hydrogen (secondary N) is 2. The molecule has 3 rings (SSSR count). The highest BCUT2D eigenvalue weighted by Gasteiger charge is 2.41. The molecule has 0 radical (unpaired) electrons. The third-order valence-corrected chi connectivity index (χ3v) is 5.60. The number of aromatic nitrogens is 2. The molecule has 134 valence electrons. The highest BCUT2D eigenvalue weighted by Crippen LogP contribution is 2.44. The van der Waals surface area contributed by atoms with E-state index in [2.05, 4.69) is 36.5 Å². The highest BCUT2D eigenvalue weighted by atomic mass is 16.1. The van der Waals surface area contributed by atoms with E-state index in [1.165, 1.54) is 13.1 Å². The van der Waals surface area contributed by atoms with Gasteiger partial charge in [0.1, 0.15) is 0 Å². The van der Waals surface area contributed by atoms with Crippen LogP contribution in [-0.4, -0.2) is 27.5 Å². The molecule has 4 N–H and O–H groups in total. The predicted octanol–water partition coefficient (Wildman–Crippen LogP) is 2.63. The van der Waals surface area contributed by atoms with Gasteiger partial charge in [-0.3, -0.25) is 9.59 Å². The van der Waals surface area contributed by atoms with Crippen LogP contribution in [0.15, 0.2) is 18.5 Å². The minimum Gasteiger partial charge on any atom is -0.379 e. The summed E-state index contributed by atoms with van der Waals surface area (Å²) in [5.74, 6) is -0.100. The maximum Gasteiger partial charge on any atom is 0.252 e. The van der Waals surface area contributed by atoms with Crippen molar-refractivity contribution in [1.29, 1.82) is 0 Å². The Morgan fingerprint density at radius 3 is 2.64 bits per heavy atom. The number of hydrogen-bond acceptors (Lipinski definition) is 4. The summed E-state index contributed by atoms with van der Waals surface area (Å²) in [6.07, 6.45) is 5.35. The van der Waals surface area contributed by atoms with E-state index in [-0.39, 0.29) is 17.4 Å². The van der Waals surface area contributed by atoms with E-state index >= 15 is 0 Å². The average molecular weight is 343 g/mol. The summed E-state index contributed by atoms with van der Waals surface area (Å²) in [6.45, 7) is 8.19. The van der Waals surface area contributed by atoms with Gasteiger partial charge < -0.3 is 16.4 Å². The molecule has 0 unspecified atom stereocenters. The zero-order chi connectivity index (χ0) is 18.4. The first kappa shape index (κ1) is 17.3. The van der Waals surface area contributed by atoms with Crippen LogP contribution < -0.4 is 16.4 Å². The van der Waals surface area contributed by atoms with Crippen LogP contribution in [0, 0.1) is 11.3 Å². The molecule has 1 saturated carbocycles. The molecule has 1 aliphatic rings. The molecule has 1 aliphatic carbocycles. The Morgan fingerprint density at radius 2 is 2.08 bits per heavy atom. The van der Waals surface area contributed by atoms with E-state index in [9.17, 15) is 9.59 Å². The molecule has 0 bridgehead atoms. The fourth-order valence-corrected chi connectivity index (χ4v) is 3.60. The van der Waals surface area contributed by atoms with Gasteiger partial charge in [-0.15, -0.1) is 0 Å². The summed E-state index contributed by atoms with van der Waals surface area (Å²) in [6, 6.07) is 2.03. The molecule has 0 saturated heterocycles. The summed E-state index contributed by atoms with van der Waals surface area (Å²) < 4.78 is 1.64. The molecule has 25 heavy (non-hydrogen) atoms. The second kappa shape index (κ2) is 6.06. The molecular weight excluding hydrogens is 318 g/mol. The van der Waals surface area contributed by atoms with E-state index in [4.69, 9.17) is 5.73 Å². The average Bonchev–Trinajstić information content (AvgIpc) is 3.01. The minimum absolute atomic E-state index is 0.0994. The van der Waals surface area contributed by atoms with Crippen LogP contribution in [-0.2, 0) is 4.79 Å². The van der Waals surface area contributed by atoms with Gasteiger partial charge in [0.05, 0.1) is 34.8 Å². The van der Waals surface area contributed by atoms with E-state index < -0.39 is 5.91 Å². The number of hydrogen-bond donors (Lipinski definition) is 3. The van der Waals surface area contributed by atoms with Crippen molar-refractivity contribution in [3.8, 4) is 0 Å². The predicted molar refractivity (Wildman–Crippen MR) is 97.6 cm³/mol. The molecule has 2 aromatic rings. The third kappa shape index (κ3) is 3.06. The molecular formula is C18H25N5O2. The topological polar surface area (TPSA) is 102 Å². The number of nitrogens with two attached hydrogens (primary N) is 1. The van der Waals surface area contributed by atoms with Crippen molar-refractivity contribution in [2.75, 3.05) is 10.6 Å². The maximum absolute atomic E-state index is 11.9. The van der Waals surface area contributed by atoms with Crippen molar-refractivity contribution >= 4 is 28.7 Å². The summed E-state index contributed by atoms with van der Waals surface area (Å²) in [4.78, 5) is 23.2. The van der Waals surface area contributed by atoms with Crippen molar-refractivity contribution in [3.05, 3.63) is 24.0 Å². The molecule has 2 heterocycles. The lowest BCUT2D eigenvalue weighted by Gasteiger charge is -2.33. The van der Waals surface area contributed by atoms with Crippen LogP contribution in [0.4, 0.5) is 11.4 Å². The molecule has 2 atom stereocenters. The second-order valence-electron chi connectivity index (χ2n) is 7.53. The van der Waals surface area contributed by atoms with E-state index in [1.54, 1.807) is 16.8 Å². The standard InChI is InChI=1S/C18H25N5O2/c1-10-5-6-15(18(10,3)4)22-16-13(17(19)25)8-20-23-9-12(7-14(16)23)21-11(2)24/h7-10,15,22H,5-6H2,1-4H3,(H2,19,25)(H,21,24)/t10-,15+/m0/s1. The first-order chi connectivity index (χ1) is 11.7. The van der Waals surface area contributed by atoms with Gasteiger partial charge >= 0.3 is 0 Å². The molecule has 0 aliphatic heterocycles. The lowest BCUT2D eigenvalue weighted by molar-refractivity contribution is -0.114. The van der Waals surface area contributed by atoms with Crippen LogP contribution >= 0.6 is 0 Å². The van der Waals surface area contributed by atoms with Crippen LogP contribution in [0.5, 0.6) is 0 Å². The number of carbonyl (C=O) groups excluding carboxylic acids is 2. The van der Waals surface area contributed by atoms with Gasteiger partial charge in [0.2, 0.25) is 5.91 Å². The molecule has 7 heteroatoms. The van der Waals surface area contributed by atoms with Gasteiger partial charge in [0.15, 0.2) is 0 Å². The van der Waals surface area contributed by atoms with Crippen molar-refractivity contribution in [2.45, 2.75) is 46.6 Å². The Bertz CT molecular complexity index is 839. The van der Waals surface area contributed by atoms with Crippen LogP contribution in [0.1, 0.15) is 50.9 Å². The largest absolute Gasteiger partial charge is 0.379 e. The third-order valence-electron chi connectivity index (χ3n) is 5.60. The summed E-state index contributed by atoms with van der Waals surface area (Å²) in [7, 11) is 0. The fraction of sp³-hybridized carbons (Fsp3) is 0.500. The number of carbonyl (C=O) groups is 2. The van der Waals surface area contributed by atoms with Crippen LogP contribution in [0.25, 0.3) is 5.52 Å². The van der Waals surface area contributed by atoms with Gasteiger partial charge in [-0.2, -0.15) is 5.10 Å². The van der Waals surface area contributed by atoms with E-state index in [0.29, 0.717) is 22.9 Å². The minimum atomic E-state index is -0.524. The summed E-state index contributed by atoms with van der Waals surface area (Å²) in [5, 5.41) is 10.5. The Kier molecular flexibility index (Phi) is 4.18. The van der Waals surface area contributed by atoms with Gasteiger partial charge in [-0.05, 0) is 30.2 Å². The summed E-state index contributed by atoms with van der Waals surface area (Å²) in [5.41, 5.74) is 8.04. The van der Waals surface area contributed by atoms with Crippen LogP contribution in [0.3, 0.4) is 0 Å². The number of primary amides is 1. The first-order valence-electron chi connectivity index (χ1n) is 8.55. The van der Waals surface area contributed by atoms with E-state index in [1.807, 2.05) is 0 Å². The smallest absolute Gasteiger partial charge is 0.252 e. The molecule has 2 aromatic heterocycles. The second-order valence-corrected chi connectivity index (χ2v) is 7.53. The number of amides is 2. The van der Waals surface area contributed by atoms with Crippen molar-refractivity contribution in [3.63, 3.8) is 0 Å². The lowest BCUT2D eigenvalue weighted by Crippen LogP contribution is -2.35. The van der Waals surface area contributed by atoms with Crippen LogP contribution in [0.2, 0.25) is 0 Å². The fourth-order valence-electron chi connectivity index (χ4n) is 3.60. The quantitative estimate of drug-likeness (QED) is 0.794. The number of fused-ring (bicyclic) bond motifs is 1. The zero-order valence-corrected chi connectivity index (χ0v) is 15.1. The summed E-state index contributed by atoms with van der Waals surface area (Å²) >= 11 is 0.